The van der Waals surface area contributed by atoms with E-state index in [0.717, 1.165) is 12.0 Å². The van der Waals surface area contributed by atoms with Crippen molar-refractivity contribution >= 4 is 22.6 Å². The van der Waals surface area contributed by atoms with Crippen LogP contribution in [0.25, 0.3) is 11.0 Å². The van der Waals surface area contributed by atoms with E-state index in [9.17, 15) is 9.18 Å². The summed E-state index contributed by atoms with van der Waals surface area (Å²) >= 11 is 6.13. The molecule has 0 N–H and O–H groups in total. The van der Waals surface area contributed by atoms with Crippen LogP contribution in [0.1, 0.15) is 29.8 Å². The second kappa shape index (κ2) is 8.16. The van der Waals surface area contributed by atoms with Gasteiger partial charge < -0.3 is 9.26 Å². The summed E-state index contributed by atoms with van der Waals surface area (Å²) in [7, 11) is 0. The molecule has 1 saturated heterocycles. The predicted octanol–water partition coefficient (Wildman–Crippen LogP) is 3.34. The van der Waals surface area contributed by atoms with E-state index in [0.29, 0.717) is 29.8 Å². The van der Waals surface area contributed by atoms with E-state index in [-0.39, 0.29) is 41.0 Å². The van der Waals surface area contributed by atoms with Crippen LogP contribution in [0.4, 0.5) is 4.39 Å². The molecular formula is C21H17ClFN5O3. The van der Waals surface area contributed by atoms with Crippen molar-refractivity contribution in [1.82, 2.24) is 24.7 Å². The topological polar surface area (TPSA) is 95.9 Å². The number of pyridine rings is 1. The molecule has 0 bridgehead atoms. The molecule has 1 fully saturated rings. The van der Waals surface area contributed by atoms with E-state index < -0.39 is 0 Å². The Hall–Kier alpha value is -3.17. The molecule has 3 aromatic heterocycles. The first-order valence-corrected chi connectivity index (χ1v) is 10.1. The zero-order valence-electron chi connectivity index (χ0n) is 16.2. The van der Waals surface area contributed by atoms with Crippen LogP contribution < -0.4 is 5.56 Å². The molecule has 0 aliphatic carbocycles. The van der Waals surface area contributed by atoms with Crippen molar-refractivity contribution in [3.05, 3.63) is 81.3 Å². The van der Waals surface area contributed by atoms with Crippen LogP contribution in [0.3, 0.4) is 0 Å². The minimum atomic E-state index is -0.325. The molecular weight excluding hydrogens is 425 g/mol. The third kappa shape index (κ3) is 4.06. The lowest BCUT2D eigenvalue weighted by Crippen LogP contribution is -2.22. The molecule has 0 saturated carbocycles. The number of aromatic nitrogens is 5. The summed E-state index contributed by atoms with van der Waals surface area (Å²) < 4.78 is 25.6. The second-order valence-electron chi connectivity index (χ2n) is 7.45. The third-order valence-corrected chi connectivity index (χ3v) is 5.60. The number of hydrogen-bond acceptors (Lipinski definition) is 7. The van der Waals surface area contributed by atoms with E-state index in [1.807, 2.05) is 0 Å². The molecule has 0 spiro atoms. The van der Waals surface area contributed by atoms with Crippen LogP contribution in [-0.2, 0) is 17.7 Å². The van der Waals surface area contributed by atoms with Gasteiger partial charge in [0.05, 0.1) is 17.7 Å². The molecule has 4 heterocycles. The van der Waals surface area contributed by atoms with Crippen molar-refractivity contribution in [2.24, 2.45) is 5.92 Å². The van der Waals surface area contributed by atoms with Crippen molar-refractivity contribution in [2.45, 2.75) is 25.5 Å². The second-order valence-corrected chi connectivity index (χ2v) is 7.86. The Bertz CT molecular complexity index is 1290. The van der Waals surface area contributed by atoms with Crippen molar-refractivity contribution in [1.29, 1.82) is 0 Å². The van der Waals surface area contributed by atoms with Gasteiger partial charge in [0.2, 0.25) is 5.89 Å². The average Bonchev–Trinajstić information content (AvgIpc) is 3.41. The maximum Gasteiger partial charge on any atom is 0.264 e. The van der Waals surface area contributed by atoms with Crippen LogP contribution in [0.5, 0.6) is 0 Å². The summed E-state index contributed by atoms with van der Waals surface area (Å²) in [6, 6.07) is 7.90. The average molecular weight is 442 g/mol. The molecule has 8 nitrogen and oxygen atoms in total. The number of benzene rings is 1. The fraction of sp³-hybridized carbons (Fsp3) is 0.286. The standard InChI is InChI=1S/C21H17ClFN5O3/c22-15-5-6-24-20-19(15)21(29)28(11-25-20)9-18-26-17(27-31-18)8-12-7-16(30-10-12)13-1-3-14(23)4-2-13/h1-6,11-12,16H,7-10H2/t12?,16-/m1/s1. The van der Waals surface area contributed by atoms with E-state index in [2.05, 4.69) is 20.1 Å². The van der Waals surface area contributed by atoms with E-state index in [1.165, 1.54) is 29.2 Å². The lowest BCUT2D eigenvalue weighted by molar-refractivity contribution is 0.107. The summed E-state index contributed by atoms with van der Waals surface area (Å²) in [4.78, 5) is 25.3. The fourth-order valence-electron chi connectivity index (χ4n) is 3.74. The zero-order valence-corrected chi connectivity index (χ0v) is 17.0. The van der Waals surface area contributed by atoms with Crippen LogP contribution in [0.2, 0.25) is 5.02 Å². The Balaban J connectivity index is 1.26. The Morgan fingerprint density at radius 3 is 2.87 bits per heavy atom. The van der Waals surface area contributed by atoms with Gasteiger partial charge in [0.25, 0.3) is 5.56 Å². The minimum absolute atomic E-state index is 0.0717. The first-order chi connectivity index (χ1) is 15.1. The SMILES string of the molecule is O=c1c2c(Cl)ccnc2ncn1Cc1nc(CC2CO[C@@H](c3ccc(F)cc3)C2)no1. The lowest BCUT2D eigenvalue weighted by atomic mass is 9.98. The lowest BCUT2D eigenvalue weighted by Gasteiger charge is -2.09. The molecule has 4 aromatic rings. The van der Waals surface area contributed by atoms with Gasteiger partial charge in [-0.1, -0.05) is 28.9 Å². The van der Waals surface area contributed by atoms with E-state index in [4.69, 9.17) is 20.9 Å². The summed E-state index contributed by atoms with van der Waals surface area (Å²) in [5.41, 5.74) is 0.917. The maximum atomic E-state index is 13.1. The van der Waals surface area contributed by atoms with E-state index >= 15 is 0 Å². The monoisotopic (exact) mass is 441 g/mol. The van der Waals surface area contributed by atoms with Gasteiger partial charge in [-0.05, 0) is 36.1 Å². The Kier molecular flexibility index (Phi) is 5.21. The highest BCUT2D eigenvalue weighted by Gasteiger charge is 2.28. The normalized spacial score (nSPS) is 18.6. The Morgan fingerprint density at radius 1 is 1.19 bits per heavy atom. The van der Waals surface area contributed by atoms with Gasteiger partial charge in [-0.15, -0.1) is 0 Å². The quantitative estimate of drug-likeness (QED) is 0.468. The predicted molar refractivity (Wildman–Crippen MR) is 109 cm³/mol. The van der Waals surface area contributed by atoms with Crippen LogP contribution in [0.15, 0.2) is 52.2 Å². The Labute approximate surface area is 180 Å². The van der Waals surface area contributed by atoms with E-state index in [1.54, 1.807) is 18.2 Å². The summed E-state index contributed by atoms with van der Waals surface area (Å²) in [6.07, 6.45) is 4.18. The molecule has 158 valence electrons. The zero-order chi connectivity index (χ0) is 21.4. The Morgan fingerprint density at radius 2 is 2.03 bits per heavy atom. The molecule has 1 aromatic carbocycles. The van der Waals surface area contributed by atoms with Gasteiger partial charge in [0, 0.05) is 12.6 Å². The van der Waals surface area contributed by atoms with Crippen LogP contribution >= 0.6 is 11.6 Å². The molecule has 1 unspecified atom stereocenters. The minimum Gasteiger partial charge on any atom is -0.373 e. The van der Waals surface area contributed by atoms with Gasteiger partial charge in [0.15, 0.2) is 11.5 Å². The van der Waals surface area contributed by atoms with Crippen molar-refractivity contribution < 1.29 is 13.7 Å². The highest BCUT2D eigenvalue weighted by Crippen LogP contribution is 2.33. The van der Waals surface area contributed by atoms with Gasteiger partial charge >= 0.3 is 0 Å². The highest BCUT2D eigenvalue weighted by molar-refractivity contribution is 6.35. The largest absolute Gasteiger partial charge is 0.373 e. The van der Waals surface area contributed by atoms with Gasteiger partial charge in [0.1, 0.15) is 24.1 Å². The number of halogens is 2. The number of hydrogen-bond donors (Lipinski definition) is 0. The van der Waals surface area contributed by atoms with Gasteiger partial charge in [-0.2, -0.15) is 4.98 Å². The number of nitrogens with zero attached hydrogens (tertiary/aromatic N) is 5. The molecule has 31 heavy (non-hydrogen) atoms. The molecule has 5 rings (SSSR count). The summed E-state index contributed by atoms with van der Waals surface area (Å²) in [5.74, 6) is 0.796. The molecule has 10 heteroatoms. The summed E-state index contributed by atoms with van der Waals surface area (Å²) in [5, 5.41) is 4.57. The molecule has 0 amide bonds. The molecule has 0 radical (unpaired) electrons. The first-order valence-electron chi connectivity index (χ1n) is 9.75. The number of rotatable bonds is 5. The number of fused-ring (bicyclic) bond motifs is 1. The van der Waals surface area contributed by atoms with Gasteiger partial charge in [-0.25, -0.2) is 14.4 Å². The number of ether oxygens (including phenoxy) is 1. The third-order valence-electron chi connectivity index (χ3n) is 5.28. The van der Waals surface area contributed by atoms with Crippen LogP contribution in [0, 0.1) is 11.7 Å². The highest BCUT2D eigenvalue weighted by atomic mass is 35.5. The molecule has 2 atom stereocenters. The van der Waals surface area contributed by atoms with Crippen LogP contribution in [-0.4, -0.2) is 31.3 Å². The van der Waals surface area contributed by atoms with Gasteiger partial charge in [-0.3, -0.25) is 9.36 Å². The molecule has 1 aliphatic heterocycles. The first kappa shape index (κ1) is 19.8. The maximum absolute atomic E-state index is 13.1. The smallest absolute Gasteiger partial charge is 0.264 e. The van der Waals surface area contributed by atoms with Crippen molar-refractivity contribution in [3.63, 3.8) is 0 Å². The van der Waals surface area contributed by atoms with Crippen molar-refractivity contribution in [2.75, 3.05) is 6.61 Å². The molecule has 1 aliphatic rings. The van der Waals surface area contributed by atoms with Crippen molar-refractivity contribution in [3.8, 4) is 0 Å². The fourth-order valence-corrected chi connectivity index (χ4v) is 3.96. The summed E-state index contributed by atoms with van der Waals surface area (Å²) in [6.45, 7) is 0.644.